The van der Waals surface area contributed by atoms with Crippen molar-refractivity contribution in [1.82, 2.24) is 4.98 Å². The topological polar surface area (TPSA) is 45.6 Å². The van der Waals surface area contributed by atoms with Crippen LogP contribution in [-0.4, -0.2) is 17.1 Å². The molecule has 0 radical (unpaired) electrons. The number of anilines is 1. The minimum Gasteiger partial charge on any atom is -0.267 e. The highest BCUT2D eigenvalue weighted by Gasteiger charge is 2.21. The number of benzene rings is 3. The molecule has 6 heteroatoms. The maximum Gasteiger partial charge on any atom is 0.280 e. The van der Waals surface area contributed by atoms with E-state index >= 15 is 0 Å². The van der Waals surface area contributed by atoms with E-state index in [2.05, 4.69) is 10.1 Å². The molecule has 1 heterocycles. The molecule has 4 nitrogen and oxygen atoms in total. The van der Waals surface area contributed by atoms with Gasteiger partial charge in [-0.3, -0.25) is 4.79 Å². The van der Waals surface area contributed by atoms with Crippen LogP contribution in [0.3, 0.4) is 0 Å². The number of aryl methyl sites for hydroxylation is 1. The molecule has 0 bridgehead atoms. The standard InChI is InChI=1S/C22H16FN3OS/c1-15-7-9-17(10-8-15)21(27)26(24-14-16-5-3-2-4-6-16)22-25-19-12-11-18(23)13-20(19)28-22/h2-14H,1H3/b24-14+. The fourth-order valence-electron chi connectivity index (χ4n) is 2.65. The van der Waals surface area contributed by atoms with Crippen LogP contribution in [0.5, 0.6) is 0 Å². The lowest BCUT2D eigenvalue weighted by Crippen LogP contribution is -2.25. The van der Waals surface area contributed by atoms with Crippen molar-refractivity contribution in [1.29, 1.82) is 0 Å². The zero-order valence-corrected chi connectivity index (χ0v) is 15.9. The molecule has 0 aliphatic rings. The van der Waals surface area contributed by atoms with Crippen molar-refractivity contribution in [2.24, 2.45) is 5.10 Å². The number of hydrogen-bond donors (Lipinski definition) is 0. The van der Waals surface area contributed by atoms with Gasteiger partial charge >= 0.3 is 0 Å². The number of rotatable bonds is 4. The molecule has 138 valence electrons. The first kappa shape index (κ1) is 18.0. The van der Waals surface area contributed by atoms with Gasteiger partial charge in [0.05, 0.1) is 16.4 Å². The molecule has 0 saturated carbocycles. The number of halogens is 1. The first-order valence-corrected chi connectivity index (χ1v) is 9.48. The van der Waals surface area contributed by atoms with E-state index in [1.54, 1.807) is 24.4 Å². The van der Waals surface area contributed by atoms with Crippen molar-refractivity contribution < 1.29 is 9.18 Å². The second-order valence-corrected chi connectivity index (χ2v) is 7.26. The summed E-state index contributed by atoms with van der Waals surface area (Å²) in [6, 6.07) is 21.1. The van der Waals surface area contributed by atoms with Gasteiger partial charge in [-0.05, 0) is 42.8 Å². The number of carbonyl (C=O) groups excluding carboxylic acids is 1. The number of thiazole rings is 1. The molecule has 0 N–H and O–H groups in total. The van der Waals surface area contributed by atoms with E-state index < -0.39 is 0 Å². The summed E-state index contributed by atoms with van der Waals surface area (Å²) in [6.07, 6.45) is 1.61. The molecule has 0 aliphatic heterocycles. The molecule has 0 atom stereocenters. The Morgan fingerprint density at radius 2 is 1.82 bits per heavy atom. The number of hydrazone groups is 1. The third-order valence-electron chi connectivity index (χ3n) is 4.13. The molecular weight excluding hydrogens is 373 g/mol. The molecule has 0 saturated heterocycles. The number of fused-ring (bicyclic) bond motifs is 1. The van der Waals surface area contributed by atoms with E-state index in [0.717, 1.165) is 11.1 Å². The number of amides is 1. The molecule has 28 heavy (non-hydrogen) atoms. The Balaban J connectivity index is 1.76. The van der Waals surface area contributed by atoms with Crippen LogP contribution in [0.4, 0.5) is 9.52 Å². The average molecular weight is 389 g/mol. The van der Waals surface area contributed by atoms with Crippen LogP contribution >= 0.6 is 11.3 Å². The van der Waals surface area contributed by atoms with Crippen LogP contribution < -0.4 is 5.01 Å². The summed E-state index contributed by atoms with van der Waals surface area (Å²) in [6.45, 7) is 1.96. The predicted octanol–water partition coefficient (Wildman–Crippen LogP) is 5.42. The fraction of sp³-hybridized carbons (Fsp3) is 0.0455. The largest absolute Gasteiger partial charge is 0.280 e. The van der Waals surface area contributed by atoms with E-state index in [0.29, 0.717) is 20.9 Å². The van der Waals surface area contributed by atoms with E-state index in [1.807, 2.05) is 49.4 Å². The van der Waals surface area contributed by atoms with Crippen molar-refractivity contribution in [3.8, 4) is 0 Å². The third-order valence-corrected chi connectivity index (χ3v) is 5.13. The molecule has 1 aromatic heterocycles. The van der Waals surface area contributed by atoms with Crippen molar-refractivity contribution in [2.75, 3.05) is 5.01 Å². The first-order valence-electron chi connectivity index (χ1n) is 8.66. The second kappa shape index (κ2) is 7.70. The van der Waals surface area contributed by atoms with Crippen molar-refractivity contribution in [3.63, 3.8) is 0 Å². The quantitative estimate of drug-likeness (QED) is 0.345. The van der Waals surface area contributed by atoms with Crippen molar-refractivity contribution in [3.05, 3.63) is 95.3 Å². The molecule has 0 aliphatic carbocycles. The zero-order valence-electron chi connectivity index (χ0n) is 15.0. The van der Waals surface area contributed by atoms with Gasteiger partial charge in [-0.2, -0.15) is 10.1 Å². The van der Waals surface area contributed by atoms with Gasteiger partial charge in [-0.25, -0.2) is 9.37 Å². The first-order chi connectivity index (χ1) is 13.6. The highest BCUT2D eigenvalue weighted by molar-refractivity contribution is 7.22. The van der Waals surface area contributed by atoms with Gasteiger partial charge in [-0.1, -0.05) is 59.4 Å². The minimum atomic E-state index is -0.341. The molecule has 0 unspecified atom stereocenters. The lowest BCUT2D eigenvalue weighted by molar-refractivity contribution is 0.0988. The highest BCUT2D eigenvalue weighted by Crippen LogP contribution is 2.30. The Morgan fingerprint density at radius 3 is 2.57 bits per heavy atom. The molecule has 4 rings (SSSR count). The van der Waals surface area contributed by atoms with Gasteiger partial charge in [0.25, 0.3) is 5.91 Å². The summed E-state index contributed by atoms with van der Waals surface area (Å²) in [5.41, 5.74) is 3.04. The highest BCUT2D eigenvalue weighted by atomic mass is 32.1. The summed E-state index contributed by atoms with van der Waals surface area (Å²) >= 11 is 1.22. The second-order valence-electron chi connectivity index (χ2n) is 6.25. The van der Waals surface area contributed by atoms with Gasteiger partial charge in [0.1, 0.15) is 5.82 Å². The molecular formula is C22H16FN3OS. The molecule has 1 amide bonds. The lowest BCUT2D eigenvalue weighted by Gasteiger charge is -2.14. The van der Waals surface area contributed by atoms with Gasteiger partial charge in [0.2, 0.25) is 5.13 Å². The smallest absolute Gasteiger partial charge is 0.267 e. The van der Waals surface area contributed by atoms with Crippen molar-refractivity contribution >= 4 is 38.8 Å². The maximum atomic E-state index is 13.5. The SMILES string of the molecule is Cc1ccc(C(=O)N(/N=C/c2ccccc2)c2nc3ccc(F)cc3s2)cc1. The molecule has 4 aromatic rings. The minimum absolute atomic E-state index is 0.299. The molecule has 0 fully saturated rings. The number of aromatic nitrogens is 1. The van der Waals surface area contributed by atoms with Crippen LogP contribution in [0.1, 0.15) is 21.5 Å². The third kappa shape index (κ3) is 3.82. The Labute approximate surface area is 165 Å². The van der Waals surface area contributed by atoms with E-state index in [-0.39, 0.29) is 11.7 Å². The van der Waals surface area contributed by atoms with Crippen LogP contribution in [-0.2, 0) is 0 Å². The predicted molar refractivity (Wildman–Crippen MR) is 112 cm³/mol. The number of hydrogen-bond acceptors (Lipinski definition) is 4. The van der Waals surface area contributed by atoms with E-state index in [9.17, 15) is 9.18 Å². The fourth-order valence-corrected chi connectivity index (χ4v) is 3.59. The van der Waals surface area contributed by atoms with Crippen LogP contribution in [0.2, 0.25) is 0 Å². The lowest BCUT2D eigenvalue weighted by atomic mass is 10.1. The Morgan fingerprint density at radius 1 is 1.07 bits per heavy atom. The van der Waals surface area contributed by atoms with Gasteiger partial charge < -0.3 is 0 Å². The van der Waals surface area contributed by atoms with Gasteiger partial charge in [-0.15, -0.1) is 0 Å². The summed E-state index contributed by atoms with van der Waals surface area (Å²) < 4.78 is 14.2. The normalized spacial score (nSPS) is 11.2. The van der Waals surface area contributed by atoms with Gasteiger partial charge in [0, 0.05) is 5.56 Å². The van der Waals surface area contributed by atoms with Crippen LogP contribution in [0.15, 0.2) is 77.9 Å². The number of nitrogens with zero attached hydrogens (tertiary/aromatic N) is 3. The average Bonchev–Trinajstić information content (AvgIpc) is 3.12. The summed E-state index contributed by atoms with van der Waals surface area (Å²) in [5.74, 6) is -0.640. The van der Waals surface area contributed by atoms with E-state index in [1.165, 1.54) is 28.5 Å². The van der Waals surface area contributed by atoms with Gasteiger partial charge in [0.15, 0.2) is 0 Å². The monoisotopic (exact) mass is 389 g/mol. The maximum absolute atomic E-state index is 13.5. The van der Waals surface area contributed by atoms with Crippen molar-refractivity contribution in [2.45, 2.75) is 6.92 Å². The Bertz CT molecular complexity index is 1150. The Kier molecular flexibility index (Phi) is 4.95. The van der Waals surface area contributed by atoms with Crippen LogP contribution in [0.25, 0.3) is 10.2 Å². The van der Waals surface area contributed by atoms with Crippen LogP contribution in [0, 0.1) is 12.7 Å². The number of carbonyl (C=O) groups is 1. The molecule has 0 spiro atoms. The molecule has 3 aromatic carbocycles. The zero-order chi connectivity index (χ0) is 19.5. The summed E-state index contributed by atoms with van der Waals surface area (Å²) in [5, 5.41) is 6.05. The van der Waals surface area contributed by atoms with E-state index in [4.69, 9.17) is 0 Å². The Hall–Kier alpha value is -3.38. The summed E-state index contributed by atoms with van der Waals surface area (Å²) in [7, 11) is 0. The summed E-state index contributed by atoms with van der Waals surface area (Å²) in [4.78, 5) is 17.6.